The zero-order chi connectivity index (χ0) is 12.4. The van der Waals surface area contributed by atoms with E-state index in [2.05, 4.69) is 4.90 Å². The number of rotatable bonds is 2. The van der Waals surface area contributed by atoms with Crippen LogP contribution < -0.4 is 5.73 Å². The van der Waals surface area contributed by atoms with Crippen LogP contribution in [0.4, 0.5) is 10.1 Å². The summed E-state index contributed by atoms with van der Waals surface area (Å²) >= 11 is 0. The molecule has 1 heterocycles. The molecule has 3 nitrogen and oxygen atoms in total. The average Bonchev–Trinajstić information content (AvgIpc) is 2.29. The van der Waals surface area contributed by atoms with E-state index < -0.39 is 0 Å². The number of aliphatic hydroxyl groups is 1. The minimum atomic E-state index is -0.251. The Kier molecular flexibility index (Phi) is 3.64. The molecule has 4 heteroatoms. The highest BCUT2D eigenvalue weighted by molar-refractivity contribution is 5.46. The number of aliphatic hydroxyl groups excluding tert-OH is 1. The molecule has 0 bridgehead atoms. The summed E-state index contributed by atoms with van der Waals surface area (Å²) in [5.74, 6) is 0.0119. The van der Waals surface area contributed by atoms with Gasteiger partial charge in [0.1, 0.15) is 5.82 Å². The molecule has 0 aromatic heterocycles. The molecule has 1 saturated heterocycles. The Balaban J connectivity index is 2.03. The van der Waals surface area contributed by atoms with Crippen molar-refractivity contribution >= 4 is 5.69 Å². The number of piperidine rings is 1. The van der Waals surface area contributed by atoms with Crippen molar-refractivity contribution in [3.63, 3.8) is 0 Å². The summed E-state index contributed by atoms with van der Waals surface area (Å²) in [5, 5.41) is 9.65. The Morgan fingerprint density at radius 2 is 2.29 bits per heavy atom. The molecule has 17 heavy (non-hydrogen) atoms. The molecular formula is C13H19FN2O. The van der Waals surface area contributed by atoms with E-state index in [1.165, 1.54) is 12.1 Å². The van der Waals surface area contributed by atoms with Crippen LogP contribution in [0.5, 0.6) is 0 Å². The molecule has 3 N–H and O–H groups in total. The summed E-state index contributed by atoms with van der Waals surface area (Å²) in [7, 11) is 0. The molecule has 0 spiro atoms. The molecule has 1 fully saturated rings. The first-order chi connectivity index (χ1) is 8.06. The Hall–Kier alpha value is -1.13. The van der Waals surface area contributed by atoms with Gasteiger partial charge in [-0.15, -0.1) is 0 Å². The van der Waals surface area contributed by atoms with Crippen LogP contribution in [0.15, 0.2) is 18.2 Å². The third-order valence-electron chi connectivity index (χ3n) is 3.44. The molecule has 1 aromatic rings. The number of hydrogen-bond donors (Lipinski definition) is 2. The number of hydrogen-bond acceptors (Lipinski definition) is 3. The van der Waals surface area contributed by atoms with Gasteiger partial charge in [0, 0.05) is 25.3 Å². The molecule has 0 saturated carbocycles. The van der Waals surface area contributed by atoms with Crippen LogP contribution in [-0.2, 0) is 6.54 Å². The van der Waals surface area contributed by atoms with Crippen LogP contribution in [0, 0.1) is 11.7 Å². The van der Waals surface area contributed by atoms with Gasteiger partial charge >= 0.3 is 0 Å². The molecular weight excluding hydrogens is 219 g/mol. The van der Waals surface area contributed by atoms with E-state index in [-0.39, 0.29) is 17.8 Å². The fraction of sp³-hybridized carbons (Fsp3) is 0.538. The van der Waals surface area contributed by atoms with E-state index in [4.69, 9.17) is 5.73 Å². The Morgan fingerprint density at radius 3 is 3.00 bits per heavy atom. The highest BCUT2D eigenvalue weighted by Gasteiger charge is 2.24. The summed E-state index contributed by atoms with van der Waals surface area (Å²) in [6, 6.07) is 4.47. The second-order valence-electron chi connectivity index (χ2n) is 4.91. The predicted octanol–water partition coefficient (Wildman–Crippen LogP) is 1.61. The monoisotopic (exact) mass is 238 g/mol. The van der Waals surface area contributed by atoms with E-state index in [9.17, 15) is 9.50 Å². The van der Waals surface area contributed by atoms with Crippen LogP contribution in [0.3, 0.4) is 0 Å². The zero-order valence-electron chi connectivity index (χ0n) is 10.1. The van der Waals surface area contributed by atoms with Crippen molar-refractivity contribution in [2.45, 2.75) is 26.0 Å². The van der Waals surface area contributed by atoms with Crippen molar-refractivity contribution in [1.82, 2.24) is 4.90 Å². The number of anilines is 1. The van der Waals surface area contributed by atoms with Crippen molar-refractivity contribution in [1.29, 1.82) is 0 Å². The summed E-state index contributed by atoms with van der Waals surface area (Å²) in [6.07, 6.45) is 0.562. The lowest BCUT2D eigenvalue weighted by atomic mass is 9.96. The fourth-order valence-corrected chi connectivity index (χ4v) is 2.32. The van der Waals surface area contributed by atoms with Crippen LogP contribution in [-0.4, -0.2) is 29.2 Å². The van der Waals surface area contributed by atoms with Crippen molar-refractivity contribution in [2.75, 3.05) is 18.8 Å². The minimum absolute atomic E-state index is 0.212. The number of halogens is 1. The summed E-state index contributed by atoms with van der Waals surface area (Å²) in [4.78, 5) is 2.21. The van der Waals surface area contributed by atoms with Crippen molar-refractivity contribution < 1.29 is 9.50 Å². The third-order valence-corrected chi connectivity index (χ3v) is 3.44. The van der Waals surface area contributed by atoms with Crippen LogP contribution in [0.2, 0.25) is 0 Å². The summed E-state index contributed by atoms with van der Waals surface area (Å²) in [5.41, 5.74) is 7.28. The van der Waals surface area contributed by atoms with Gasteiger partial charge in [-0.25, -0.2) is 4.39 Å². The van der Waals surface area contributed by atoms with Gasteiger partial charge in [0.05, 0.1) is 6.10 Å². The first-order valence-corrected chi connectivity index (χ1v) is 6.00. The van der Waals surface area contributed by atoms with Gasteiger partial charge in [-0.2, -0.15) is 0 Å². The molecule has 0 amide bonds. The highest BCUT2D eigenvalue weighted by atomic mass is 19.1. The number of nitrogens with zero attached hydrogens (tertiary/aromatic N) is 1. The van der Waals surface area contributed by atoms with Gasteiger partial charge < -0.3 is 10.8 Å². The van der Waals surface area contributed by atoms with E-state index in [1.54, 1.807) is 6.07 Å². The quantitative estimate of drug-likeness (QED) is 0.770. The molecule has 94 valence electrons. The lowest BCUT2D eigenvalue weighted by Crippen LogP contribution is -2.41. The zero-order valence-corrected chi connectivity index (χ0v) is 10.1. The second-order valence-corrected chi connectivity index (χ2v) is 4.91. The van der Waals surface area contributed by atoms with Gasteiger partial charge in [0.25, 0.3) is 0 Å². The Bertz CT molecular complexity index is 397. The van der Waals surface area contributed by atoms with E-state index in [1.807, 2.05) is 6.92 Å². The topological polar surface area (TPSA) is 49.5 Å². The molecule has 1 aliphatic heterocycles. The Morgan fingerprint density at radius 1 is 1.53 bits per heavy atom. The molecule has 0 radical (unpaired) electrons. The number of likely N-dealkylation sites (tertiary alicyclic amines) is 1. The smallest absolute Gasteiger partial charge is 0.123 e. The molecule has 0 aliphatic carbocycles. The maximum atomic E-state index is 13.1. The molecule has 2 atom stereocenters. The summed E-state index contributed by atoms with van der Waals surface area (Å²) < 4.78 is 13.1. The van der Waals surface area contributed by atoms with Gasteiger partial charge in [-0.3, -0.25) is 4.90 Å². The number of nitrogens with two attached hydrogens (primary N) is 1. The molecule has 1 aromatic carbocycles. The van der Waals surface area contributed by atoms with Crippen molar-refractivity contribution in [3.8, 4) is 0 Å². The van der Waals surface area contributed by atoms with Crippen molar-refractivity contribution in [3.05, 3.63) is 29.6 Å². The maximum absolute atomic E-state index is 13.1. The van der Waals surface area contributed by atoms with E-state index >= 15 is 0 Å². The number of nitrogen functional groups attached to an aromatic ring is 1. The lowest BCUT2D eigenvalue weighted by molar-refractivity contribution is 0.0321. The van der Waals surface area contributed by atoms with E-state index in [0.29, 0.717) is 12.2 Å². The van der Waals surface area contributed by atoms with Crippen LogP contribution in [0.1, 0.15) is 18.9 Å². The molecule has 1 aliphatic rings. The van der Waals surface area contributed by atoms with Gasteiger partial charge in [-0.05, 0) is 36.1 Å². The normalized spacial score (nSPS) is 26.1. The van der Waals surface area contributed by atoms with Gasteiger partial charge in [0.15, 0.2) is 0 Å². The Labute approximate surface area is 101 Å². The first-order valence-electron chi connectivity index (χ1n) is 6.00. The number of benzene rings is 1. The average molecular weight is 238 g/mol. The highest BCUT2D eigenvalue weighted by Crippen LogP contribution is 2.21. The SMILES string of the molecule is CC1CN(Cc2cc(F)ccc2N)CCC1O. The molecule has 2 unspecified atom stereocenters. The maximum Gasteiger partial charge on any atom is 0.123 e. The van der Waals surface area contributed by atoms with Crippen molar-refractivity contribution in [2.24, 2.45) is 5.92 Å². The molecule has 2 rings (SSSR count). The van der Waals surface area contributed by atoms with Crippen LogP contribution >= 0.6 is 0 Å². The third kappa shape index (κ3) is 2.96. The van der Waals surface area contributed by atoms with Gasteiger partial charge in [-0.1, -0.05) is 6.92 Å². The summed E-state index contributed by atoms with van der Waals surface area (Å²) in [6.45, 7) is 4.35. The largest absolute Gasteiger partial charge is 0.398 e. The first kappa shape index (κ1) is 12.3. The fourth-order valence-electron chi connectivity index (χ4n) is 2.32. The standard InChI is InChI=1S/C13H19FN2O/c1-9-7-16(5-4-13(9)17)8-10-6-11(14)2-3-12(10)15/h2-3,6,9,13,17H,4-5,7-8,15H2,1H3. The second kappa shape index (κ2) is 5.02. The van der Waals surface area contributed by atoms with Gasteiger partial charge in [0.2, 0.25) is 0 Å². The van der Waals surface area contributed by atoms with Crippen LogP contribution in [0.25, 0.3) is 0 Å². The van der Waals surface area contributed by atoms with E-state index in [0.717, 1.165) is 25.1 Å². The minimum Gasteiger partial charge on any atom is -0.398 e. The lowest BCUT2D eigenvalue weighted by Gasteiger charge is -2.34. The predicted molar refractivity (Wildman–Crippen MR) is 65.9 cm³/mol.